The van der Waals surface area contributed by atoms with E-state index in [4.69, 9.17) is 0 Å². The summed E-state index contributed by atoms with van der Waals surface area (Å²) in [5.74, 6) is 0.947. The monoisotopic (exact) mass is 508 g/mol. The van der Waals surface area contributed by atoms with Crippen molar-refractivity contribution in [3.05, 3.63) is 142 Å². The van der Waals surface area contributed by atoms with Gasteiger partial charge in [0.2, 0.25) is 0 Å². The van der Waals surface area contributed by atoms with Crippen LogP contribution in [0.25, 0.3) is 0 Å². The van der Waals surface area contributed by atoms with Gasteiger partial charge < -0.3 is 0 Å². The zero-order valence-corrected chi connectivity index (χ0v) is 24.3. The predicted molar refractivity (Wildman–Crippen MR) is 162 cm³/mol. The quantitative estimate of drug-likeness (QED) is 0.228. The normalized spacial score (nSPS) is 18.1. The van der Waals surface area contributed by atoms with E-state index in [1.165, 1.54) is 57.3 Å². The second-order valence-corrected chi connectivity index (χ2v) is 12.6. The van der Waals surface area contributed by atoms with E-state index in [1.54, 1.807) is 0 Å². The topological polar surface area (TPSA) is 0 Å². The highest BCUT2D eigenvalue weighted by molar-refractivity contribution is 7.19. The number of benzene rings is 4. The average molecular weight is 509 g/mol. The summed E-state index contributed by atoms with van der Waals surface area (Å²) in [7, 11) is 6.79. The SMILES string of the molecule is Cc1ccccc1C(P)(c1ccccc1C)C1CCC1C(P)(c1ccccc1C)c1ccccc1C. The molecule has 0 heterocycles. The van der Waals surface area contributed by atoms with Gasteiger partial charge in [0.1, 0.15) is 0 Å². The van der Waals surface area contributed by atoms with Crippen LogP contribution in [-0.4, -0.2) is 0 Å². The molecule has 0 spiro atoms. The minimum absolute atomic E-state index is 0.160. The van der Waals surface area contributed by atoms with Crippen LogP contribution in [0.5, 0.6) is 0 Å². The van der Waals surface area contributed by atoms with Crippen LogP contribution in [0.15, 0.2) is 97.1 Å². The van der Waals surface area contributed by atoms with Gasteiger partial charge in [0.15, 0.2) is 0 Å². The first-order chi connectivity index (χ1) is 17.3. The predicted octanol–water partition coefficient (Wildman–Crippen LogP) is 8.88. The zero-order chi connectivity index (χ0) is 25.5. The van der Waals surface area contributed by atoms with Crippen LogP contribution >= 0.6 is 18.5 Å². The summed E-state index contributed by atoms with van der Waals surface area (Å²) in [5, 5.41) is -0.320. The van der Waals surface area contributed by atoms with Gasteiger partial charge in [-0.1, -0.05) is 97.1 Å². The van der Waals surface area contributed by atoms with Crippen molar-refractivity contribution in [3.8, 4) is 0 Å². The van der Waals surface area contributed by atoms with E-state index in [1.807, 2.05) is 0 Å². The third-order valence-electron chi connectivity index (χ3n) is 8.81. The zero-order valence-electron chi connectivity index (χ0n) is 22.0. The van der Waals surface area contributed by atoms with Crippen molar-refractivity contribution >= 4 is 18.5 Å². The lowest BCUT2D eigenvalue weighted by molar-refractivity contribution is 0.109. The Morgan fingerprint density at radius 1 is 0.444 bits per heavy atom. The number of hydrogen-bond donors (Lipinski definition) is 0. The van der Waals surface area contributed by atoms with E-state index < -0.39 is 0 Å². The first-order valence-corrected chi connectivity index (χ1v) is 14.3. The first kappa shape index (κ1) is 25.4. The van der Waals surface area contributed by atoms with Gasteiger partial charge in [0.25, 0.3) is 0 Å². The molecular weight excluding hydrogens is 470 g/mol. The maximum Gasteiger partial charge on any atom is 0.0380 e. The Morgan fingerprint density at radius 2 is 0.667 bits per heavy atom. The molecule has 0 N–H and O–H groups in total. The fraction of sp³-hybridized carbons (Fsp3) is 0.294. The van der Waals surface area contributed by atoms with Crippen molar-refractivity contribution in [1.29, 1.82) is 0 Å². The van der Waals surface area contributed by atoms with Crippen molar-refractivity contribution in [2.24, 2.45) is 11.8 Å². The van der Waals surface area contributed by atoms with E-state index >= 15 is 0 Å². The Hall–Kier alpha value is -2.26. The van der Waals surface area contributed by atoms with Gasteiger partial charge >= 0.3 is 0 Å². The Labute approximate surface area is 222 Å². The van der Waals surface area contributed by atoms with Crippen LogP contribution in [0.1, 0.15) is 57.3 Å². The van der Waals surface area contributed by atoms with Crippen molar-refractivity contribution in [3.63, 3.8) is 0 Å². The fourth-order valence-corrected chi connectivity index (χ4v) is 8.92. The molecule has 4 aromatic rings. The third-order valence-corrected chi connectivity index (χ3v) is 10.9. The minimum atomic E-state index is -0.160. The molecule has 2 heteroatoms. The highest BCUT2D eigenvalue weighted by Crippen LogP contribution is 2.64. The van der Waals surface area contributed by atoms with Gasteiger partial charge in [0, 0.05) is 10.3 Å². The molecule has 4 unspecified atom stereocenters. The highest BCUT2D eigenvalue weighted by atomic mass is 31.0. The lowest BCUT2D eigenvalue weighted by Gasteiger charge is -2.57. The highest BCUT2D eigenvalue weighted by Gasteiger charge is 2.55. The molecule has 0 nitrogen and oxygen atoms in total. The van der Waals surface area contributed by atoms with Gasteiger partial charge in [-0.25, -0.2) is 0 Å². The maximum atomic E-state index is 3.40. The summed E-state index contributed by atoms with van der Waals surface area (Å²) in [4.78, 5) is 0. The van der Waals surface area contributed by atoms with Crippen LogP contribution in [-0.2, 0) is 10.3 Å². The Balaban J connectivity index is 1.75. The molecular formula is C34H38P2. The van der Waals surface area contributed by atoms with E-state index in [9.17, 15) is 0 Å². The molecule has 36 heavy (non-hydrogen) atoms. The molecule has 0 amide bonds. The molecule has 1 fully saturated rings. The smallest absolute Gasteiger partial charge is 0.0380 e. The van der Waals surface area contributed by atoms with E-state index in [0.29, 0.717) is 11.8 Å². The van der Waals surface area contributed by atoms with Crippen LogP contribution in [0.4, 0.5) is 0 Å². The molecule has 5 rings (SSSR count). The van der Waals surface area contributed by atoms with Crippen molar-refractivity contribution in [2.45, 2.75) is 50.8 Å². The molecule has 4 atom stereocenters. The first-order valence-electron chi connectivity index (χ1n) is 13.1. The van der Waals surface area contributed by atoms with Crippen LogP contribution in [0.2, 0.25) is 0 Å². The summed E-state index contributed by atoms with van der Waals surface area (Å²) >= 11 is 0. The molecule has 1 aliphatic carbocycles. The van der Waals surface area contributed by atoms with Crippen molar-refractivity contribution in [2.75, 3.05) is 0 Å². The van der Waals surface area contributed by atoms with Gasteiger partial charge in [-0.2, -0.15) is 0 Å². The number of rotatable bonds is 6. The average Bonchev–Trinajstić information content (AvgIpc) is 2.84. The largest absolute Gasteiger partial charge is 0.121 e. The Bertz CT molecular complexity index is 1190. The maximum absolute atomic E-state index is 3.40. The van der Waals surface area contributed by atoms with E-state index in [2.05, 4.69) is 143 Å². The molecule has 0 aliphatic heterocycles. The lowest BCUT2D eigenvalue weighted by Crippen LogP contribution is -2.50. The Kier molecular flexibility index (Phi) is 6.98. The Morgan fingerprint density at radius 3 is 0.861 bits per heavy atom. The summed E-state index contributed by atoms with van der Waals surface area (Å²) in [5.41, 5.74) is 11.2. The van der Waals surface area contributed by atoms with E-state index in [0.717, 1.165) is 0 Å². The standard InChI is InChI=1S/C34H38P2/c1-23-13-5-9-17-27(23)33(35,28-18-10-6-14-24(28)2)31-21-22-32(31)34(36,29-19-11-7-15-25(29)3)30-20-12-8-16-26(30)4/h5-20,31-32H,21-22,35-36H2,1-4H3. The van der Waals surface area contributed by atoms with Gasteiger partial charge in [-0.05, 0) is 96.9 Å². The summed E-state index contributed by atoms with van der Waals surface area (Å²) in [6.07, 6.45) is 2.43. The van der Waals surface area contributed by atoms with Crippen molar-refractivity contribution < 1.29 is 0 Å². The third kappa shape index (κ3) is 3.99. The molecule has 0 aromatic heterocycles. The molecule has 184 valence electrons. The van der Waals surface area contributed by atoms with Gasteiger partial charge in [0.05, 0.1) is 0 Å². The molecule has 1 aliphatic rings. The molecule has 4 aromatic carbocycles. The van der Waals surface area contributed by atoms with E-state index in [-0.39, 0.29) is 10.3 Å². The van der Waals surface area contributed by atoms with Crippen LogP contribution < -0.4 is 0 Å². The second kappa shape index (κ2) is 9.89. The molecule has 1 saturated carbocycles. The molecule has 0 saturated heterocycles. The minimum Gasteiger partial charge on any atom is -0.121 e. The molecule has 0 radical (unpaired) electrons. The lowest BCUT2D eigenvalue weighted by atomic mass is 9.55. The van der Waals surface area contributed by atoms with Gasteiger partial charge in [-0.3, -0.25) is 0 Å². The summed E-state index contributed by atoms with van der Waals surface area (Å²) in [6.45, 7) is 9.10. The summed E-state index contributed by atoms with van der Waals surface area (Å²) < 4.78 is 0. The number of hydrogen-bond acceptors (Lipinski definition) is 0. The second-order valence-electron chi connectivity index (χ2n) is 10.8. The van der Waals surface area contributed by atoms with Crippen LogP contribution in [0.3, 0.4) is 0 Å². The fourth-order valence-electron chi connectivity index (χ4n) is 6.83. The number of aryl methyl sites for hydroxylation is 4. The summed E-state index contributed by atoms with van der Waals surface area (Å²) in [6, 6.07) is 36.0. The van der Waals surface area contributed by atoms with Crippen LogP contribution in [0, 0.1) is 39.5 Å². The van der Waals surface area contributed by atoms with Crippen molar-refractivity contribution in [1.82, 2.24) is 0 Å². The molecule has 0 bridgehead atoms. The van der Waals surface area contributed by atoms with Gasteiger partial charge in [-0.15, -0.1) is 18.5 Å².